The molecule has 0 aliphatic heterocycles. The molecule has 1 N–H and O–H groups in total. The monoisotopic (exact) mass is 351 g/mol. The number of allylic oxidation sites excluding steroid dienone is 8. The number of rotatable bonds is 5. The molecule has 0 heterocycles. The molecule has 2 aliphatic carbocycles. The lowest BCUT2D eigenvalue weighted by atomic mass is 9.98. The molecule has 2 aromatic carbocycles. The molecular weight excluding hydrogens is 326 g/mol. The minimum Gasteiger partial charge on any atom is -0.356 e. The average molecular weight is 351 g/mol. The van der Waals surface area contributed by atoms with Gasteiger partial charge in [0.25, 0.3) is 0 Å². The van der Waals surface area contributed by atoms with Crippen molar-refractivity contribution in [2.45, 2.75) is 26.2 Å². The summed E-state index contributed by atoms with van der Waals surface area (Å²) in [5.41, 5.74) is 9.34. The van der Waals surface area contributed by atoms with Crippen LogP contribution in [0.15, 0.2) is 96.3 Å². The molecule has 0 saturated carbocycles. The van der Waals surface area contributed by atoms with Crippen molar-refractivity contribution in [2.75, 3.05) is 5.32 Å². The molecule has 0 bridgehead atoms. The predicted octanol–water partition coefficient (Wildman–Crippen LogP) is 6.93. The maximum Gasteiger partial charge on any atom is 0.0387 e. The number of hydrogen-bond acceptors (Lipinski definition) is 1. The lowest BCUT2D eigenvalue weighted by Crippen LogP contribution is -1.98. The summed E-state index contributed by atoms with van der Waals surface area (Å²) in [5.74, 6) is 0. The van der Waals surface area contributed by atoms with Crippen molar-refractivity contribution in [3.05, 3.63) is 113 Å². The lowest BCUT2D eigenvalue weighted by molar-refractivity contribution is 0.935. The molecule has 0 aromatic heterocycles. The SMILES string of the molecule is C\C=C/C(=C\C=C\c1ccccc1)Nc1ccc2c(c1)CC1=C2C=CCC1. The molecule has 27 heavy (non-hydrogen) atoms. The van der Waals surface area contributed by atoms with Gasteiger partial charge in [-0.3, -0.25) is 0 Å². The van der Waals surface area contributed by atoms with Crippen molar-refractivity contribution >= 4 is 17.3 Å². The Balaban J connectivity index is 1.51. The highest BCUT2D eigenvalue weighted by molar-refractivity contribution is 5.84. The fourth-order valence-corrected chi connectivity index (χ4v) is 3.80. The molecule has 0 atom stereocenters. The molecule has 134 valence electrons. The van der Waals surface area contributed by atoms with E-state index in [-0.39, 0.29) is 0 Å². The van der Waals surface area contributed by atoms with Crippen molar-refractivity contribution < 1.29 is 0 Å². The topological polar surface area (TPSA) is 12.0 Å². The summed E-state index contributed by atoms with van der Waals surface area (Å²) < 4.78 is 0. The molecule has 0 unspecified atom stereocenters. The summed E-state index contributed by atoms with van der Waals surface area (Å²) in [6.45, 7) is 2.05. The first kappa shape index (κ1) is 17.4. The maximum atomic E-state index is 3.56. The van der Waals surface area contributed by atoms with Gasteiger partial charge in [0.1, 0.15) is 0 Å². The van der Waals surface area contributed by atoms with Gasteiger partial charge in [-0.25, -0.2) is 0 Å². The van der Waals surface area contributed by atoms with Gasteiger partial charge in [0.15, 0.2) is 0 Å². The van der Waals surface area contributed by atoms with E-state index in [2.05, 4.69) is 90.3 Å². The highest BCUT2D eigenvalue weighted by Gasteiger charge is 2.21. The van der Waals surface area contributed by atoms with Crippen LogP contribution in [0.4, 0.5) is 5.69 Å². The van der Waals surface area contributed by atoms with Crippen LogP contribution >= 0.6 is 0 Å². The van der Waals surface area contributed by atoms with Crippen molar-refractivity contribution in [3.8, 4) is 0 Å². The van der Waals surface area contributed by atoms with Crippen molar-refractivity contribution in [2.24, 2.45) is 0 Å². The molecule has 0 radical (unpaired) electrons. The quantitative estimate of drug-likeness (QED) is 0.576. The first-order chi connectivity index (χ1) is 13.3. The minimum atomic E-state index is 1.08. The molecule has 1 heteroatoms. The second kappa shape index (κ2) is 8.09. The van der Waals surface area contributed by atoms with Crippen LogP contribution in [-0.4, -0.2) is 0 Å². The van der Waals surface area contributed by atoms with E-state index in [1.54, 1.807) is 5.57 Å². The molecule has 0 saturated heterocycles. The fraction of sp³-hybridized carbons (Fsp3) is 0.154. The zero-order valence-electron chi connectivity index (χ0n) is 15.8. The third kappa shape index (κ3) is 4.03. The number of hydrogen-bond donors (Lipinski definition) is 1. The van der Waals surface area contributed by atoms with Gasteiger partial charge in [-0.2, -0.15) is 0 Å². The fourth-order valence-electron chi connectivity index (χ4n) is 3.80. The smallest absolute Gasteiger partial charge is 0.0387 e. The van der Waals surface area contributed by atoms with Gasteiger partial charge >= 0.3 is 0 Å². The van der Waals surface area contributed by atoms with E-state index < -0.39 is 0 Å². The third-order valence-corrected chi connectivity index (χ3v) is 5.08. The number of nitrogens with one attached hydrogen (secondary N) is 1. The van der Waals surface area contributed by atoms with Gasteiger partial charge < -0.3 is 5.32 Å². The minimum absolute atomic E-state index is 1.08. The second-order valence-electron chi connectivity index (χ2n) is 7.02. The summed E-state index contributed by atoms with van der Waals surface area (Å²) in [5, 5.41) is 3.56. The standard InChI is InChI=1S/C26H25N/c1-2-9-23(14-8-12-20-10-4-3-5-11-20)27-24-16-17-26-22(19-24)18-21-13-6-7-15-25(21)26/h2-5,7-12,14-17,19,27H,6,13,18H2,1H3/b9-2-,12-8+,23-14+. The third-order valence-electron chi connectivity index (χ3n) is 5.08. The highest BCUT2D eigenvalue weighted by Crippen LogP contribution is 2.39. The summed E-state index contributed by atoms with van der Waals surface area (Å²) in [7, 11) is 0. The first-order valence-corrected chi connectivity index (χ1v) is 9.68. The van der Waals surface area contributed by atoms with Gasteiger partial charge in [-0.15, -0.1) is 0 Å². The van der Waals surface area contributed by atoms with Gasteiger partial charge in [-0.05, 0) is 72.7 Å². The molecule has 0 fully saturated rings. The second-order valence-corrected chi connectivity index (χ2v) is 7.02. The molecule has 2 aliphatic rings. The Morgan fingerprint density at radius 3 is 2.81 bits per heavy atom. The van der Waals surface area contributed by atoms with Crippen LogP contribution < -0.4 is 5.32 Å². The van der Waals surface area contributed by atoms with Gasteiger partial charge in [0.2, 0.25) is 0 Å². The molecule has 0 spiro atoms. The molecular formula is C26H25N. The largest absolute Gasteiger partial charge is 0.356 e. The Kier molecular flexibility index (Phi) is 5.20. The Morgan fingerprint density at radius 2 is 1.96 bits per heavy atom. The van der Waals surface area contributed by atoms with Gasteiger partial charge in [-0.1, -0.05) is 72.4 Å². The summed E-state index contributed by atoms with van der Waals surface area (Å²) in [6, 6.07) is 17.1. The summed E-state index contributed by atoms with van der Waals surface area (Å²) >= 11 is 0. The Morgan fingerprint density at radius 1 is 1.07 bits per heavy atom. The van der Waals surface area contributed by atoms with E-state index in [4.69, 9.17) is 0 Å². The van der Waals surface area contributed by atoms with E-state index in [0.29, 0.717) is 0 Å². The first-order valence-electron chi connectivity index (χ1n) is 9.68. The number of anilines is 1. The average Bonchev–Trinajstić information content (AvgIpc) is 3.07. The maximum absolute atomic E-state index is 3.56. The normalized spacial score (nSPS) is 16.3. The van der Waals surface area contributed by atoms with Crippen LogP contribution in [0.2, 0.25) is 0 Å². The number of fused-ring (bicyclic) bond motifs is 2. The van der Waals surface area contributed by atoms with Gasteiger partial charge in [0, 0.05) is 11.4 Å². The Bertz CT molecular complexity index is 969. The summed E-state index contributed by atoms with van der Waals surface area (Å²) in [6.07, 6.45) is 18.6. The highest BCUT2D eigenvalue weighted by atomic mass is 14.9. The van der Waals surface area contributed by atoms with E-state index >= 15 is 0 Å². The van der Waals surface area contributed by atoms with Crippen LogP contribution in [0.1, 0.15) is 36.5 Å². The van der Waals surface area contributed by atoms with E-state index in [1.165, 1.54) is 35.1 Å². The van der Waals surface area contributed by atoms with Crippen LogP contribution in [0.3, 0.4) is 0 Å². The number of benzene rings is 2. The van der Waals surface area contributed by atoms with E-state index in [9.17, 15) is 0 Å². The Labute approximate surface area is 162 Å². The molecule has 0 amide bonds. The Hall–Kier alpha value is -3.06. The predicted molar refractivity (Wildman–Crippen MR) is 117 cm³/mol. The van der Waals surface area contributed by atoms with Crippen LogP contribution in [0, 0.1) is 0 Å². The van der Waals surface area contributed by atoms with Crippen molar-refractivity contribution in [1.29, 1.82) is 0 Å². The van der Waals surface area contributed by atoms with Crippen molar-refractivity contribution in [1.82, 2.24) is 0 Å². The molecule has 1 nitrogen and oxygen atoms in total. The van der Waals surface area contributed by atoms with Gasteiger partial charge in [0.05, 0.1) is 0 Å². The van der Waals surface area contributed by atoms with Crippen LogP contribution in [0.5, 0.6) is 0 Å². The molecule has 4 rings (SSSR count). The molecule has 2 aromatic rings. The van der Waals surface area contributed by atoms with Crippen molar-refractivity contribution in [3.63, 3.8) is 0 Å². The van der Waals surface area contributed by atoms with Crippen LogP contribution in [0.25, 0.3) is 11.6 Å². The summed E-state index contributed by atoms with van der Waals surface area (Å²) in [4.78, 5) is 0. The van der Waals surface area contributed by atoms with E-state index in [1.807, 2.05) is 13.0 Å². The van der Waals surface area contributed by atoms with E-state index in [0.717, 1.165) is 17.8 Å². The lowest BCUT2D eigenvalue weighted by Gasteiger charge is -2.10. The van der Waals surface area contributed by atoms with Crippen LogP contribution in [-0.2, 0) is 6.42 Å². The zero-order chi connectivity index (χ0) is 18.5. The zero-order valence-corrected chi connectivity index (χ0v) is 15.8.